The van der Waals surface area contributed by atoms with Gasteiger partial charge in [0.2, 0.25) is 0 Å². The third-order valence-electron chi connectivity index (χ3n) is 2.37. The fraction of sp³-hybridized carbons (Fsp3) is 0.154. The van der Waals surface area contributed by atoms with Gasteiger partial charge in [-0.2, -0.15) is 0 Å². The van der Waals surface area contributed by atoms with E-state index in [1.807, 2.05) is 13.0 Å². The van der Waals surface area contributed by atoms with Crippen molar-refractivity contribution < 1.29 is 8.78 Å². The molecule has 0 amide bonds. The fourth-order valence-electron chi connectivity index (χ4n) is 1.51. The molecule has 1 aromatic heterocycles. The first kappa shape index (κ1) is 11.5. The summed E-state index contributed by atoms with van der Waals surface area (Å²) in [5, 5.41) is 2.90. The molecule has 2 nitrogen and oxygen atoms in total. The normalized spacial score (nSPS) is 10.3. The van der Waals surface area contributed by atoms with Crippen molar-refractivity contribution in [3.8, 4) is 0 Å². The van der Waals surface area contributed by atoms with Gasteiger partial charge < -0.3 is 5.32 Å². The Hall–Kier alpha value is -1.97. The summed E-state index contributed by atoms with van der Waals surface area (Å²) < 4.78 is 26.3. The van der Waals surface area contributed by atoms with Crippen LogP contribution < -0.4 is 5.32 Å². The molecule has 1 N–H and O–H groups in total. The predicted octanol–water partition coefficient (Wildman–Crippen LogP) is 3.28. The van der Waals surface area contributed by atoms with Crippen molar-refractivity contribution >= 4 is 5.69 Å². The lowest BCUT2D eigenvalue weighted by Crippen LogP contribution is -2.02. The number of nitrogens with zero attached hydrogens (tertiary/aromatic N) is 1. The summed E-state index contributed by atoms with van der Waals surface area (Å²) in [6.07, 6.45) is 2.68. The van der Waals surface area contributed by atoms with Gasteiger partial charge in [0.1, 0.15) is 11.6 Å². The molecule has 0 radical (unpaired) electrons. The van der Waals surface area contributed by atoms with Crippen LogP contribution in [0.3, 0.4) is 0 Å². The average molecular weight is 234 g/mol. The molecule has 0 bridgehead atoms. The van der Waals surface area contributed by atoms with E-state index in [1.54, 1.807) is 12.3 Å². The Kier molecular flexibility index (Phi) is 3.32. The molecule has 0 unspecified atom stereocenters. The lowest BCUT2D eigenvalue weighted by Gasteiger charge is -2.08. The van der Waals surface area contributed by atoms with Crippen molar-refractivity contribution in [2.45, 2.75) is 13.5 Å². The van der Waals surface area contributed by atoms with E-state index in [2.05, 4.69) is 10.3 Å². The second-order valence-corrected chi connectivity index (χ2v) is 3.85. The van der Waals surface area contributed by atoms with Gasteiger partial charge in [-0.15, -0.1) is 0 Å². The van der Waals surface area contributed by atoms with Crippen LogP contribution in [0.5, 0.6) is 0 Å². The number of aromatic nitrogens is 1. The lowest BCUT2D eigenvalue weighted by molar-refractivity contribution is 0.618. The molecule has 17 heavy (non-hydrogen) atoms. The molecular formula is C13H12F2N2. The number of anilines is 1. The zero-order chi connectivity index (χ0) is 12.3. The molecule has 4 heteroatoms. The molecule has 0 aliphatic carbocycles. The Morgan fingerprint density at radius 3 is 2.71 bits per heavy atom. The van der Waals surface area contributed by atoms with Gasteiger partial charge in [0.25, 0.3) is 0 Å². The van der Waals surface area contributed by atoms with E-state index in [0.29, 0.717) is 17.8 Å². The lowest BCUT2D eigenvalue weighted by atomic mass is 10.2. The highest BCUT2D eigenvalue weighted by Crippen LogP contribution is 2.16. The number of hydrogen-bond donors (Lipinski definition) is 1. The third-order valence-corrected chi connectivity index (χ3v) is 2.37. The molecule has 0 atom stereocenters. The molecule has 2 rings (SSSR count). The molecule has 1 aromatic carbocycles. The minimum Gasteiger partial charge on any atom is -0.379 e. The maximum absolute atomic E-state index is 13.5. The van der Waals surface area contributed by atoms with Gasteiger partial charge in [0.05, 0.1) is 11.9 Å². The highest BCUT2D eigenvalue weighted by molar-refractivity contribution is 5.46. The van der Waals surface area contributed by atoms with Crippen molar-refractivity contribution in [3.63, 3.8) is 0 Å². The van der Waals surface area contributed by atoms with Gasteiger partial charge in [0.15, 0.2) is 0 Å². The van der Waals surface area contributed by atoms with Gasteiger partial charge in [0, 0.05) is 12.7 Å². The Balaban J connectivity index is 2.07. The molecule has 0 spiro atoms. The summed E-state index contributed by atoms with van der Waals surface area (Å²) >= 11 is 0. The number of pyridine rings is 1. The van der Waals surface area contributed by atoms with Gasteiger partial charge >= 0.3 is 0 Å². The van der Waals surface area contributed by atoms with Gasteiger partial charge in [-0.05, 0) is 36.2 Å². The second kappa shape index (κ2) is 4.91. The number of benzene rings is 1. The minimum atomic E-state index is -0.395. The summed E-state index contributed by atoms with van der Waals surface area (Å²) in [6.45, 7) is 2.16. The number of hydrogen-bond acceptors (Lipinski definition) is 2. The quantitative estimate of drug-likeness (QED) is 0.881. The van der Waals surface area contributed by atoms with Crippen molar-refractivity contribution in [1.82, 2.24) is 4.98 Å². The van der Waals surface area contributed by atoms with Crippen molar-refractivity contribution in [1.29, 1.82) is 0 Å². The van der Waals surface area contributed by atoms with E-state index >= 15 is 0 Å². The predicted molar refractivity (Wildman–Crippen MR) is 62.7 cm³/mol. The highest BCUT2D eigenvalue weighted by atomic mass is 19.1. The van der Waals surface area contributed by atoms with Crippen molar-refractivity contribution in [3.05, 3.63) is 59.4 Å². The van der Waals surface area contributed by atoms with Crippen LogP contribution in [0.25, 0.3) is 0 Å². The van der Waals surface area contributed by atoms with E-state index in [9.17, 15) is 8.78 Å². The first-order chi connectivity index (χ1) is 8.15. The number of aryl methyl sites for hydroxylation is 1. The van der Waals surface area contributed by atoms with Crippen LogP contribution in [-0.4, -0.2) is 4.98 Å². The molecule has 2 aromatic rings. The summed E-state index contributed by atoms with van der Waals surface area (Å²) in [7, 11) is 0. The van der Waals surface area contributed by atoms with Crippen LogP contribution in [0, 0.1) is 18.6 Å². The van der Waals surface area contributed by atoms with Gasteiger partial charge in [-0.3, -0.25) is 4.98 Å². The van der Waals surface area contributed by atoms with E-state index in [0.717, 1.165) is 11.8 Å². The maximum Gasteiger partial charge on any atom is 0.146 e. The average Bonchev–Trinajstić information content (AvgIpc) is 2.28. The van der Waals surface area contributed by atoms with Gasteiger partial charge in [-0.1, -0.05) is 6.07 Å². The molecule has 0 saturated carbocycles. The van der Waals surface area contributed by atoms with Crippen molar-refractivity contribution in [2.24, 2.45) is 0 Å². The molecule has 1 heterocycles. The summed E-state index contributed by atoms with van der Waals surface area (Å²) in [5.74, 6) is -0.706. The third kappa shape index (κ3) is 3.00. The minimum absolute atomic E-state index is 0.311. The van der Waals surface area contributed by atoms with E-state index in [4.69, 9.17) is 0 Å². The Labute approximate surface area is 98.3 Å². The number of halogens is 2. The second-order valence-electron chi connectivity index (χ2n) is 3.85. The molecule has 88 valence electrons. The smallest absolute Gasteiger partial charge is 0.146 e. The van der Waals surface area contributed by atoms with E-state index in [1.165, 1.54) is 12.1 Å². The van der Waals surface area contributed by atoms with Crippen LogP contribution in [0.2, 0.25) is 0 Å². The molecule has 0 aliphatic heterocycles. The summed E-state index contributed by atoms with van der Waals surface area (Å²) in [6, 6.07) is 6.30. The summed E-state index contributed by atoms with van der Waals surface area (Å²) in [5.41, 5.74) is 1.94. The SMILES string of the molecule is Cc1ccc(NCc2cncc(F)c2)c(F)c1. The largest absolute Gasteiger partial charge is 0.379 e. The molecule has 0 saturated heterocycles. The first-order valence-electron chi connectivity index (χ1n) is 5.24. The summed E-state index contributed by atoms with van der Waals surface area (Å²) in [4.78, 5) is 3.72. The number of nitrogens with one attached hydrogen (secondary N) is 1. The topological polar surface area (TPSA) is 24.9 Å². The first-order valence-corrected chi connectivity index (χ1v) is 5.24. The maximum atomic E-state index is 13.5. The van der Waals surface area contributed by atoms with Crippen molar-refractivity contribution in [2.75, 3.05) is 5.32 Å². The van der Waals surface area contributed by atoms with E-state index in [-0.39, 0.29) is 5.82 Å². The van der Waals surface area contributed by atoms with Crippen LogP contribution in [0.15, 0.2) is 36.7 Å². The highest BCUT2D eigenvalue weighted by Gasteiger charge is 2.02. The standard InChI is InChI=1S/C13H12F2N2/c1-9-2-3-13(12(15)4-9)17-7-10-5-11(14)8-16-6-10/h2-6,8,17H,7H2,1H3. The monoisotopic (exact) mass is 234 g/mol. The van der Waals surface area contributed by atoms with Crippen LogP contribution in [0.4, 0.5) is 14.5 Å². The van der Waals surface area contributed by atoms with Crippen LogP contribution in [0.1, 0.15) is 11.1 Å². The van der Waals surface area contributed by atoms with Crippen LogP contribution >= 0.6 is 0 Å². The van der Waals surface area contributed by atoms with Crippen LogP contribution in [-0.2, 0) is 6.54 Å². The fourth-order valence-corrected chi connectivity index (χ4v) is 1.51. The number of rotatable bonds is 3. The zero-order valence-corrected chi connectivity index (χ0v) is 9.37. The van der Waals surface area contributed by atoms with Gasteiger partial charge in [-0.25, -0.2) is 8.78 Å². The Bertz CT molecular complexity index is 527. The molecule has 0 fully saturated rings. The molecular weight excluding hydrogens is 222 g/mol. The Morgan fingerprint density at radius 2 is 2.00 bits per heavy atom. The zero-order valence-electron chi connectivity index (χ0n) is 9.37. The molecule has 0 aliphatic rings. The van der Waals surface area contributed by atoms with E-state index < -0.39 is 5.82 Å². The Morgan fingerprint density at radius 1 is 1.18 bits per heavy atom.